The van der Waals surface area contributed by atoms with Gasteiger partial charge in [0.25, 0.3) is 0 Å². The molecule has 0 aliphatic carbocycles. The summed E-state index contributed by atoms with van der Waals surface area (Å²) in [4.78, 5) is 23.1. The maximum Gasteiger partial charge on any atom is 0.337 e. The number of carboxylic acid groups (broad SMARTS) is 1. The van der Waals surface area contributed by atoms with Crippen molar-refractivity contribution in [1.82, 2.24) is 0 Å². The molecule has 2 rings (SSSR count). The lowest BCUT2D eigenvalue weighted by Gasteiger charge is -2.10. The van der Waals surface area contributed by atoms with Gasteiger partial charge in [0, 0.05) is 10.7 Å². The van der Waals surface area contributed by atoms with Crippen molar-refractivity contribution in [2.45, 2.75) is 6.42 Å². The highest BCUT2D eigenvalue weighted by Crippen LogP contribution is 2.21. The highest BCUT2D eigenvalue weighted by Gasteiger charge is 2.13. The molecule has 6 heteroatoms. The molecule has 0 heterocycles. The minimum absolute atomic E-state index is 0.0169. The van der Waals surface area contributed by atoms with Crippen LogP contribution in [0.3, 0.4) is 0 Å². The number of carbonyl (C=O) groups excluding carboxylic acids is 1. The number of nitrogens with one attached hydrogen (secondary N) is 1. The number of benzene rings is 2. The number of anilines is 2. The van der Waals surface area contributed by atoms with Crippen molar-refractivity contribution in [3.63, 3.8) is 0 Å². The maximum atomic E-state index is 12.0. The first-order chi connectivity index (χ1) is 9.97. The molecule has 0 saturated carbocycles. The Bertz CT molecular complexity index is 701. The monoisotopic (exact) mass is 304 g/mol. The fourth-order valence-electron chi connectivity index (χ4n) is 1.86. The van der Waals surface area contributed by atoms with Gasteiger partial charge in [-0.2, -0.15) is 0 Å². The molecule has 0 radical (unpaired) electrons. The number of rotatable bonds is 4. The Kier molecular flexibility index (Phi) is 4.45. The van der Waals surface area contributed by atoms with E-state index in [0.717, 1.165) is 0 Å². The largest absolute Gasteiger partial charge is 0.478 e. The third kappa shape index (κ3) is 3.73. The number of nitrogens with two attached hydrogens (primary N) is 1. The second-order valence-corrected chi connectivity index (χ2v) is 4.83. The molecule has 0 atom stereocenters. The number of halogens is 1. The van der Waals surface area contributed by atoms with Crippen molar-refractivity contribution in [1.29, 1.82) is 0 Å². The Morgan fingerprint density at radius 3 is 2.57 bits per heavy atom. The van der Waals surface area contributed by atoms with Crippen molar-refractivity contribution in [3.8, 4) is 0 Å². The summed E-state index contributed by atoms with van der Waals surface area (Å²) in [6.07, 6.45) is 0.0491. The van der Waals surface area contributed by atoms with Crippen LogP contribution in [-0.2, 0) is 11.2 Å². The molecule has 0 aliphatic heterocycles. The summed E-state index contributed by atoms with van der Waals surface area (Å²) < 4.78 is 0. The lowest BCUT2D eigenvalue weighted by Crippen LogP contribution is -2.17. The Hall–Kier alpha value is -2.53. The fraction of sp³-hybridized carbons (Fsp3) is 0.0667. The normalized spacial score (nSPS) is 10.1. The van der Waals surface area contributed by atoms with Gasteiger partial charge in [0.15, 0.2) is 0 Å². The van der Waals surface area contributed by atoms with E-state index < -0.39 is 5.97 Å². The zero-order valence-electron chi connectivity index (χ0n) is 11.0. The molecule has 0 aliphatic rings. The van der Waals surface area contributed by atoms with Gasteiger partial charge in [-0.1, -0.05) is 29.8 Å². The number of hydrogen-bond donors (Lipinski definition) is 3. The number of amides is 1. The molecule has 108 valence electrons. The van der Waals surface area contributed by atoms with Crippen LogP contribution < -0.4 is 11.1 Å². The predicted molar refractivity (Wildman–Crippen MR) is 81.6 cm³/mol. The third-order valence-electron chi connectivity index (χ3n) is 2.86. The van der Waals surface area contributed by atoms with E-state index in [0.29, 0.717) is 16.3 Å². The minimum atomic E-state index is -1.14. The quantitative estimate of drug-likeness (QED) is 0.757. The molecular weight excluding hydrogens is 292 g/mol. The first kappa shape index (κ1) is 14.9. The predicted octanol–water partition coefficient (Wildman–Crippen LogP) is 2.80. The molecule has 2 aromatic rings. The lowest BCUT2D eigenvalue weighted by molar-refractivity contribution is -0.115. The van der Waals surface area contributed by atoms with Crippen molar-refractivity contribution in [2.24, 2.45) is 0 Å². The zero-order chi connectivity index (χ0) is 15.4. The second-order valence-electron chi connectivity index (χ2n) is 4.43. The Morgan fingerprint density at radius 1 is 1.19 bits per heavy atom. The highest BCUT2D eigenvalue weighted by molar-refractivity contribution is 6.31. The SMILES string of the molecule is Nc1ccc(C(=O)O)c(NC(=O)Cc2ccccc2Cl)c1. The van der Waals surface area contributed by atoms with Gasteiger partial charge in [-0.25, -0.2) is 4.79 Å². The Morgan fingerprint density at radius 2 is 1.90 bits per heavy atom. The van der Waals surface area contributed by atoms with Gasteiger partial charge in [-0.15, -0.1) is 0 Å². The van der Waals surface area contributed by atoms with Crippen LogP contribution in [0.5, 0.6) is 0 Å². The molecule has 0 unspecified atom stereocenters. The van der Waals surface area contributed by atoms with Crippen LogP contribution >= 0.6 is 11.6 Å². The second kappa shape index (κ2) is 6.28. The Balaban J connectivity index is 2.18. The van der Waals surface area contributed by atoms with Crippen LogP contribution in [0.1, 0.15) is 15.9 Å². The average Bonchev–Trinajstić information content (AvgIpc) is 2.41. The van der Waals surface area contributed by atoms with Gasteiger partial charge < -0.3 is 16.2 Å². The number of hydrogen-bond acceptors (Lipinski definition) is 3. The summed E-state index contributed by atoms with van der Waals surface area (Å²) in [7, 11) is 0. The summed E-state index contributed by atoms with van der Waals surface area (Å²) in [5, 5.41) is 12.1. The summed E-state index contributed by atoms with van der Waals surface area (Å²) in [5.74, 6) is -1.50. The summed E-state index contributed by atoms with van der Waals surface area (Å²) in [5.41, 5.74) is 6.80. The topological polar surface area (TPSA) is 92.4 Å². The molecule has 0 saturated heterocycles. The van der Waals surface area contributed by atoms with Gasteiger partial charge >= 0.3 is 5.97 Å². The number of carboxylic acids is 1. The van der Waals surface area contributed by atoms with E-state index >= 15 is 0 Å². The van der Waals surface area contributed by atoms with Gasteiger partial charge in [0.2, 0.25) is 5.91 Å². The van der Waals surface area contributed by atoms with Gasteiger partial charge in [0.05, 0.1) is 17.7 Å². The van der Waals surface area contributed by atoms with Crippen LogP contribution in [0.2, 0.25) is 5.02 Å². The summed E-state index contributed by atoms with van der Waals surface area (Å²) in [6.45, 7) is 0. The van der Waals surface area contributed by atoms with Crippen LogP contribution in [0.25, 0.3) is 0 Å². The van der Waals surface area contributed by atoms with Gasteiger partial charge in [-0.3, -0.25) is 4.79 Å². The zero-order valence-corrected chi connectivity index (χ0v) is 11.7. The molecule has 0 fully saturated rings. The summed E-state index contributed by atoms with van der Waals surface area (Å²) >= 11 is 5.98. The van der Waals surface area contributed by atoms with E-state index in [2.05, 4.69) is 5.32 Å². The third-order valence-corrected chi connectivity index (χ3v) is 3.23. The van der Waals surface area contributed by atoms with E-state index in [9.17, 15) is 9.59 Å². The van der Waals surface area contributed by atoms with Crippen molar-refractivity contribution < 1.29 is 14.7 Å². The molecule has 2 aromatic carbocycles. The van der Waals surface area contributed by atoms with Crippen molar-refractivity contribution >= 4 is 34.9 Å². The Labute approximate surface area is 126 Å². The number of carbonyl (C=O) groups is 2. The molecule has 5 nitrogen and oxygen atoms in total. The van der Waals surface area contributed by atoms with E-state index in [1.807, 2.05) is 0 Å². The average molecular weight is 305 g/mol. The lowest BCUT2D eigenvalue weighted by atomic mass is 10.1. The first-order valence-electron chi connectivity index (χ1n) is 6.13. The van der Waals surface area contributed by atoms with Crippen molar-refractivity contribution in [3.05, 3.63) is 58.6 Å². The number of nitrogen functional groups attached to an aromatic ring is 1. The molecule has 21 heavy (non-hydrogen) atoms. The van der Waals surface area contributed by atoms with Crippen molar-refractivity contribution in [2.75, 3.05) is 11.1 Å². The fourth-order valence-corrected chi connectivity index (χ4v) is 2.06. The first-order valence-corrected chi connectivity index (χ1v) is 6.51. The molecule has 0 spiro atoms. The van der Waals surface area contributed by atoms with Crippen LogP contribution in [0.4, 0.5) is 11.4 Å². The minimum Gasteiger partial charge on any atom is -0.478 e. The van der Waals surface area contributed by atoms with E-state index in [4.69, 9.17) is 22.4 Å². The van der Waals surface area contributed by atoms with E-state index in [-0.39, 0.29) is 23.6 Å². The highest BCUT2D eigenvalue weighted by atomic mass is 35.5. The molecule has 4 N–H and O–H groups in total. The number of aromatic carboxylic acids is 1. The maximum absolute atomic E-state index is 12.0. The van der Waals surface area contributed by atoms with E-state index in [1.54, 1.807) is 24.3 Å². The summed E-state index contributed by atoms with van der Waals surface area (Å²) in [6, 6.07) is 11.2. The molecular formula is C15H13ClN2O3. The van der Waals surface area contributed by atoms with Crippen LogP contribution in [-0.4, -0.2) is 17.0 Å². The standard InChI is InChI=1S/C15H13ClN2O3/c16-12-4-2-1-3-9(12)7-14(19)18-13-8-10(17)5-6-11(13)15(20)21/h1-6,8H,7,17H2,(H,18,19)(H,20,21). The van der Waals surface area contributed by atoms with Gasteiger partial charge in [0.1, 0.15) is 0 Å². The van der Waals surface area contributed by atoms with Crippen LogP contribution in [0, 0.1) is 0 Å². The molecule has 0 bridgehead atoms. The molecule has 1 amide bonds. The smallest absolute Gasteiger partial charge is 0.337 e. The molecule has 0 aromatic heterocycles. The van der Waals surface area contributed by atoms with Gasteiger partial charge in [-0.05, 0) is 29.8 Å². The van der Waals surface area contributed by atoms with E-state index in [1.165, 1.54) is 18.2 Å². The van der Waals surface area contributed by atoms with Crippen LogP contribution in [0.15, 0.2) is 42.5 Å².